The van der Waals surface area contributed by atoms with Crippen LogP contribution in [0.1, 0.15) is 17.1 Å². The summed E-state index contributed by atoms with van der Waals surface area (Å²) in [6, 6.07) is 0. The summed E-state index contributed by atoms with van der Waals surface area (Å²) in [4.78, 5) is 10.9. The predicted octanol–water partition coefficient (Wildman–Crippen LogP) is -0.119. The Hall–Kier alpha value is -1.00. The fourth-order valence-corrected chi connectivity index (χ4v) is 1.42. The molecular weight excluding hydrogens is 152 g/mol. The van der Waals surface area contributed by atoms with Crippen molar-refractivity contribution in [1.29, 1.82) is 0 Å². The molecule has 64 valence electrons. The molecule has 2 heterocycles. The maximum Gasteiger partial charge on any atom is 0.0776 e. The predicted molar refractivity (Wildman–Crippen MR) is 45.1 cm³/mol. The highest BCUT2D eigenvalue weighted by atomic mass is 15.1. The Kier molecular flexibility index (Phi) is 1.78. The van der Waals surface area contributed by atoms with E-state index in [1.807, 2.05) is 0 Å². The van der Waals surface area contributed by atoms with Crippen molar-refractivity contribution in [2.24, 2.45) is 5.73 Å². The van der Waals surface area contributed by atoms with Gasteiger partial charge in [0.2, 0.25) is 0 Å². The molecule has 1 aromatic rings. The Morgan fingerprint density at radius 1 is 1.50 bits per heavy atom. The monoisotopic (exact) mass is 164 g/mol. The van der Waals surface area contributed by atoms with Crippen molar-refractivity contribution in [2.45, 2.75) is 19.6 Å². The lowest BCUT2D eigenvalue weighted by Crippen LogP contribution is -2.08. The molecule has 0 saturated heterocycles. The normalized spacial score (nSPS) is 16.5. The van der Waals surface area contributed by atoms with Gasteiger partial charge in [-0.05, 0) is 7.05 Å². The lowest BCUT2D eigenvalue weighted by Gasteiger charge is -2.01. The van der Waals surface area contributed by atoms with Crippen molar-refractivity contribution < 1.29 is 0 Å². The van der Waals surface area contributed by atoms with Gasteiger partial charge in [-0.3, -0.25) is 14.9 Å². The Morgan fingerprint density at radius 3 is 3.00 bits per heavy atom. The van der Waals surface area contributed by atoms with Gasteiger partial charge in [-0.25, -0.2) is 0 Å². The van der Waals surface area contributed by atoms with E-state index in [1.54, 1.807) is 6.20 Å². The molecule has 0 bridgehead atoms. The van der Waals surface area contributed by atoms with Crippen molar-refractivity contribution in [3.05, 3.63) is 23.3 Å². The average molecular weight is 164 g/mol. The van der Waals surface area contributed by atoms with Gasteiger partial charge in [-0.15, -0.1) is 0 Å². The second-order valence-corrected chi connectivity index (χ2v) is 3.13. The molecule has 0 atom stereocenters. The molecule has 12 heavy (non-hydrogen) atoms. The highest BCUT2D eigenvalue weighted by Gasteiger charge is 2.17. The molecule has 0 aliphatic carbocycles. The Labute approximate surface area is 71.4 Å². The zero-order chi connectivity index (χ0) is 8.55. The van der Waals surface area contributed by atoms with E-state index in [9.17, 15) is 0 Å². The van der Waals surface area contributed by atoms with E-state index in [2.05, 4.69) is 21.9 Å². The van der Waals surface area contributed by atoms with E-state index in [0.29, 0.717) is 6.54 Å². The number of hydrogen-bond acceptors (Lipinski definition) is 4. The summed E-state index contributed by atoms with van der Waals surface area (Å²) in [5.41, 5.74) is 8.52. The van der Waals surface area contributed by atoms with E-state index < -0.39 is 0 Å². The zero-order valence-electron chi connectivity index (χ0n) is 7.12. The standard InChI is InChI=1S/C8H12N4/c1-12-4-7-8(5-12)11-6(2-9)3-10-7/h3H,2,4-5,9H2,1H3. The molecule has 0 fully saturated rings. The first-order valence-corrected chi connectivity index (χ1v) is 4.02. The molecule has 0 radical (unpaired) electrons. The van der Waals surface area contributed by atoms with Crippen molar-refractivity contribution >= 4 is 0 Å². The zero-order valence-corrected chi connectivity index (χ0v) is 7.12. The first kappa shape index (κ1) is 7.64. The molecule has 1 aliphatic rings. The minimum atomic E-state index is 0.476. The first-order chi connectivity index (χ1) is 5.79. The topological polar surface area (TPSA) is 55.0 Å². The van der Waals surface area contributed by atoms with Crippen LogP contribution in [0.15, 0.2) is 6.20 Å². The Balaban J connectivity index is 2.35. The molecule has 4 nitrogen and oxygen atoms in total. The molecule has 0 aromatic carbocycles. The minimum Gasteiger partial charge on any atom is -0.325 e. The van der Waals surface area contributed by atoms with Crippen molar-refractivity contribution in [3.63, 3.8) is 0 Å². The van der Waals surface area contributed by atoms with E-state index in [4.69, 9.17) is 5.73 Å². The second kappa shape index (κ2) is 2.80. The van der Waals surface area contributed by atoms with Gasteiger partial charge >= 0.3 is 0 Å². The summed E-state index contributed by atoms with van der Waals surface area (Å²) in [7, 11) is 2.06. The fourth-order valence-electron chi connectivity index (χ4n) is 1.42. The molecule has 0 spiro atoms. The van der Waals surface area contributed by atoms with Crippen LogP contribution in [0.5, 0.6) is 0 Å². The summed E-state index contributed by atoms with van der Waals surface area (Å²) < 4.78 is 0. The van der Waals surface area contributed by atoms with Crippen LogP contribution in [0.2, 0.25) is 0 Å². The Morgan fingerprint density at radius 2 is 2.25 bits per heavy atom. The maximum atomic E-state index is 5.46. The molecule has 0 amide bonds. The summed E-state index contributed by atoms with van der Waals surface area (Å²) >= 11 is 0. The average Bonchev–Trinajstić information content (AvgIpc) is 2.43. The van der Waals surface area contributed by atoms with Crippen molar-refractivity contribution in [3.8, 4) is 0 Å². The lowest BCUT2D eigenvalue weighted by molar-refractivity contribution is 0.349. The number of nitrogens with zero attached hydrogens (tertiary/aromatic N) is 3. The largest absolute Gasteiger partial charge is 0.325 e. The van der Waals surface area contributed by atoms with Crippen LogP contribution in [0.4, 0.5) is 0 Å². The second-order valence-electron chi connectivity index (χ2n) is 3.13. The third-order valence-electron chi connectivity index (χ3n) is 2.03. The van der Waals surface area contributed by atoms with Crippen molar-refractivity contribution in [1.82, 2.24) is 14.9 Å². The molecular formula is C8H12N4. The highest BCUT2D eigenvalue weighted by molar-refractivity contribution is 5.17. The molecule has 2 rings (SSSR count). The molecule has 0 saturated carbocycles. The number of nitrogens with two attached hydrogens (primary N) is 1. The van der Waals surface area contributed by atoms with Crippen molar-refractivity contribution in [2.75, 3.05) is 7.05 Å². The molecule has 4 heteroatoms. The minimum absolute atomic E-state index is 0.476. The molecule has 1 aromatic heterocycles. The van der Waals surface area contributed by atoms with Gasteiger partial charge in [-0.2, -0.15) is 0 Å². The van der Waals surface area contributed by atoms with Crippen LogP contribution in [0.3, 0.4) is 0 Å². The summed E-state index contributed by atoms with van der Waals surface area (Å²) in [6.07, 6.45) is 1.76. The van der Waals surface area contributed by atoms with Gasteiger partial charge in [0.15, 0.2) is 0 Å². The lowest BCUT2D eigenvalue weighted by atomic mass is 10.3. The third kappa shape index (κ3) is 1.19. The summed E-state index contributed by atoms with van der Waals surface area (Å²) in [6.45, 7) is 2.29. The number of rotatable bonds is 1. The summed E-state index contributed by atoms with van der Waals surface area (Å²) in [5, 5.41) is 0. The van der Waals surface area contributed by atoms with E-state index in [0.717, 1.165) is 30.2 Å². The quantitative estimate of drug-likeness (QED) is 0.628. The molecule has 2 N–H and O–H groups in total. The maximum absolute atomic E-state index is 5.46. The fraction of sp³-hybridized carbons (Fsp3) is 0.500. The summed E-state index contributed by atoms with van der Waals surface area (Å²) in [5.74, 6) is 0. The van der Waals surface area contributed by atoms with Crippen LogP contribution in [0.25, 0.3) is 0 Å². The number of hydrogen-bond donors (Lipinski definition) is 1. The van der Waals surface area contributed by atoms with Gasteiger partial charge < -0.3 is 5.73 Å². The first-order valence-electron chi connectivity index (χ1n) is 4.02. The van der Waals surface area contributed by atoms with Gasteiger partial charge in [0.25, 0.3) is 0 Å². The molecule has 0 unspecified atom stereocenters. The van der Waals surface area contributed by atoms with Crippen LogP contribution in [0, 0.1) is 0 Å². The van der Waals surface area contributed by atoms with Gasteiger partial charge in [0, 0.05) is 19.6 Å². The van der Waals surface area contributed by atoms with Gasteiger partial charge in [-0.1, -0.05) is 0 Å². The van der Waals surface area contributed by atoms with E-state index in [1.165, 1.54) is 0 Å². The van der Waals surface area contributed by atoms with Crippen LogP contribution in [-0.4, -0.2) is 21.9 Å². The highest BCUT2D eigenvalue weighted by Crippen LogP contribution is 2.16. The molecule has 1 aliphatic heterocycles. The van der Waals surface area contributed by atoms with Gasteiger partial charge in [0.05, 0.1) is 23.3 Å². The van der Waals surface area contributed by atoms with Crippen LogP contribution >= 0.6 is 0 Å². The number of fused-ring (bicyclic) bond motifs is 1. The van der Waals surface area contributed by atoms with E-state index in [-0.39, 0.29) is 0 Å². The number of aromatic nitrogens is 2. The van der Waals surface area contributed by atoms with Crippen LogP contribution < -0.4 is 5.73 Å². The third-order valence-corrected chi connectivity index (χ3v) is 2.03. The SMILES string of the molecule is CN1Cc2ncc(CN)nc2C1. The van der Waals surface area contributed by atoms with E-state index >= 15 is 0 Å². The Bertz CT molecular complexity index is 297. The van der Waals surface area contributed by atoms with Gasteiger partial charge in [0.1, 0.15) is 0 Å². The smallest absolute Gasteiger partial charge is 0.0776 e. The van der Waals surface area contributed by atoms with Crippen LogP contribution in [-0.2, 0) is 19.6 Å².